The highest BCUT2D eigenvalue weighted by Gasteiger charge is 2.15. The lowest BCUT2D eigenvalue weighted by Gasteiger charge is -2.17. The van der Waals surface area contributed by atoms with Crippen molar-refractivity contribution in [2.24, 2.45) is 0 Å². The van der Waals surface area contributed by atoms with Crippen LogP contribution in [0.1, 0.15) is 35.3 Å². The highest BCUT2D eigenvalue weighted by molar-refractivity contribution is 7.09. The fourth-order valence-corrected chi connectivity index (χ4v) is 3.08. The zero-order valence-corrected chi connectivity index (χ0v) is 13.6. The first kappa shape index (κ1) is 15.7. The van der Waals surface area contributed by atoms with Crippen molar-refractivity contribution < 1.29 is 5.11 Å². The van der Waals surface area contributed by atoms with Gasteiger partial charge >= 0.3 is 0 Å². The molecule has 0 spiro atoms. The van der Waals surface area contributed by atoms with Crippen LogP contribution in [0.5, 0.6) is 0 Å². The van der Waals surface area contributed by atoms with Gasteiger partial charge in [-0.25, -0.2) is 4.98 Å². The number of rotatable bonds is 5. The van der Waals surface area contributed by atoms with Crippen LogP contribution in [0.4, 0.5) is 0 Å². The first-order valence-electron chi connectivity index (χ1n) is 6.26. The van der Waals surface area contributed by atoms with Crippen LogP contribution < -0.4 is 5.32 Å². The fraction of sp³-hybridized carbons (Fsp3) is 0.357. The molecule has 108 valence electrons. The zero-order valence-electron chi connectivity index (χ0n) is 11.2. The Bertz CT molecular complexity index is 588. The summed E-state index contributed by atoms with van der Waals surface area (Å²) in [4.78, 5) is 4.42. The molecule has 0 amide bonds. The molecule has 0 bridgehead atoms. The molecule has 2 unspecified atom stereocenters. The van der Waals surface area contributed by atoms with Crippen molar-refractivity contribution in [3.63, 3.8) is 0 Å². The summed E-state index contributed by atoms with van der Waals surface area (Å²) in [6.45, 7) is 4.37. The van der Waals surface area contributed by atoms with Gasteiger partial charge < -0.3 is 10.4 Å². The molecule has 0 aliphatic heterocycles. The van der Waals surface area contributed by atoms with Gasteiger partial charge in [-0.2, -0.15) is 0 Å². The zero-order chi connectivity index (χ0) is 14.7. The molecular weight excluding hydrogens is 315 g/mol. The van der Waals surface area contributed by atoms with Gasteiger partial charge in [0.05, 0.1) is 12.1 Å². The summed E-state index contributed by atoms with van der Waals surface area (Å²) < 4.78 is 0. The predicted octanol–water partition coefficient (Wildman–Crippen LogP) is 4.14. The second kappa shape index (κ2) is 6.87. The minimum atomic E-state index is -0.704. The molecule has 20 heavy (non-hydrogen) atoms. The smallest absolute Gasteiger partial charge is 0.110 e. The van der Waals surface area contributed by atoms with E-state index < -0.39 is 6.10 Å². The first-order chi connectivity index (χ1) is 9.47. The Morgan fingerprint density at radius 2 is 2.15 bits per heavy atom. The van der Waals surface area contributed by atoms with Crippen molar-refractivity contribution in [3.8, 4) is 0 Å². The number of hydrogen-bond acceptors (Lipinski definition) is 4. The van der Waals surface area contributed by atoms with E-state index in [1.165, 1.54) is 0 Å². The molecule has 0 fully saturated rings. The molecule has 1 aromatic heterocycles. The Morgan fingerprint density at radius 3 is 2.80 bits per heavy atom. The Labute approximate surface area is 132 Å². The molecule has 6 heteroatoms. The number of aromatic nitrogens is 1. The number of aliphatic hydroxyl groups is 1. The van der Waals surface area contributed by atoms with E-state index in [2.05, 4.69) is 10.3 Å². The maximum Gasteiger partial charge on any atom is 0.110 e. The number of benzene rings is 1. The van der Waals surface area contributed by atoms with E-state index in [1.54, 1.807) is 29.5 Å². The molecule has 0 aliphatic rings. The molecule has 2 N–H and O–H groups in total. The third-order valence-electron chi connectivity index (χ3n) is 2.94. The van der Waals surface area contributed by atoms with E-state index in [9.17, 15) is 5.11 Å². The van der Waals surface area contributed by atoms with Crippen molar-refractivity contribution in [1.82, 2.24) is 10.3 Å². The Hall–Kier alpha value is -0.650. The molecule has 2 aromatic rings. The highest BCUT2D eigenvalue weighted by Crippen LogP contribution is 2.26. The van der Waals surface area contributed by atoms with E-state index in [0.717, 1.165) is 10.7 Å². The van der Waals surface area contributed by atoms with Gasteiger partial charge in [0.25, 0.3) is 0 Å². The first-order valence-corrected chi connectivity index (χ1v) is 7.89. The number of hydrogen-bond donors (Lipinski definition) is 2. The van der Waals surface area contributed by atoms with Gasteiger partial charge in [0, 0.05) is 33.2 Å². The molecule has 1 heterocycles. The standard InChI is InChI=1S/C14H16Cl2N2OS/c1-8-7-20-14(18-8)9(2)17-6-13(19)11-5-10(15)3-4-12(11)16/h3-5,7,9,13,17,19H,6H2,1-2H3. The summed E-state index contributed by atoms with van der Waals surface area (Å²) in [5, 5.41) is 17.6. The molecule has 0 radical (unpaired) electrons. The van der Waals surface area contributed by atoms with E-state index in [-0.39, 0.29) is 6.04 Å². The third-order valence-corrected chi connectivity index (χ3v) is 4.67. The van der Waals surface area contributed by atoms with E-state index in [0.29, 0.717) is 22.2 Å². The number of halogens is 2. The molecule has 3 nitrogen and oxygen atoms in total. The second-order valence-electron chi connectivity index (χ2n) is 4.64. The summed E-state index contributed by atoms with van der Waals surface area (Å²) in [5.74, 6) is 0. The van der Waals surface area contributed by atoms with Crippen LogP contribution in [0.15, 0.2) is 23.6 Å². The Kier molecular flexibility index (Phi) is 5.41. The lowest BCUT2D eigenvalue weighted by Crippen LogP contribution is -2.24. The normalized spacial score (nSPS) is 14.2. The molecular formula is C14H16Cl2N2OS. The molecule has 2 rings (SSSR count). The van der Waals surface area contributed by atoms with Crippen LogP contribution in [0.25, 0.3) is 0 Å². The molecule has 2 atom stereocenters. The maximum atomic E-state index is 10.2. The third kappa shape index (κ3) is 3.93. The minimum Gasteiger partial charge on any atom is -0.387 e. The Morgan fingerprint density at radius 1 is 1.40 bits per heavy atom. The number of aliphatic hydroxyl groups excluding tert-OH is 1. The van der Waals surface area contributed by atoms with E-state index in [1.807, 2.05) is 19.2 Å². The largest absolute Gasteiger partial charge is 0.387 e. The van der Waals surface area contributed by atoms with Gasteiger partial charge in [-0.1, -0.05) is 23.2 Å². The van der Waals surface area contributed by atoms with Crippen LogP contribution in [0.3, 0.4) is 0 Å². The lowest BCUT2D eigenvalue weighted by molar-refractivity contribution is 0.171. The van der Waals surface area contributed by atoms with Crippen LogP contribution in [-0.2, 0) is 0 Å². The van der Waals surface area contributed by atoms with Crippen molar-refractivity contribution in [2.75, 3.05) is 6.54 Å². The van der Waals surface area contributed by atoms with Gasteiger partial charge in [0.1, 0.15) is 5.01 Å². The molecule has 0 saturated heterocycles. The van der Waals surface area contributed by atoms with Crippen molar-refractivity contribution >= 4 is 34.5 Å². The number of thiazole rings is 1. The summed E-state index contributed by atoms with van der Waals surface area (Å²) in [6, 6.07) is 5.17. The second-order valence-corrected chi connectivity index (χ2v) is 6.37. The summed E-state index contributed by atoms with van der Waals surface area (Å²) in [5.41, 5.74) is 1.64. The van der Waals surface area contributed by atoms with Crippen LogP contribution >= 0.6 is 34.5 Å². The van der Waals surface area contributed by atoms with Crippen LogP contribution in [0.2, 0.25) is 10.0 Å². The summed E-state index contributed by atoms with van der Waals surface area (Å²) in [6.07, 6.45) is -0.704. The van der Waals surface area contributed by atoms with Gasteiger partial charge in [0.2, 0.25) is 0 Å². The lowest BCUT2D eigenvalue weighted by atomic mass is 10.1. The van der Waals surface area contributed by atoms with Crippen molar-refractivity contribution in [3.05, 3.63) is 49.9 Å². The summed E-state index contributed by atoms with van der Waals surface area (Å²) in [7, 11) is 0. The van der Waals surface area contributed by atoms with E-state index in [4.69, 9.17) is 23.2 Å². The number of nitrogens with zero attached hydrogens (tertiary/aromatic N) is 1. The minimum absolute atomic E-state index is 0.0845. The fourth-order valence-electron chi connectivity index (χ4n) is 1.83. The molecule has 1 aromatic carbocycles. The van der Waals surface area contributed by atoms with Crippen molar-refractivity contribution in [2.45, 2.75) is 26.0 Å². The predicted molar refractivity (Wildman–Crippen MR) is 84.7 cm³/mol. The van der Waals surface area contributed by atoms with Crippen LogP contribution in [-0.4, -0.2) is 16.6 Å². The highest BCUT2D eigenvalue weighted by atomic mass is 35.5. The topological polar surface area (TPSA) is 45.1 Å². The van der Waals surface area contributed by atoms with Gasteiger partial charge in [0.15, 0.2) is 0 Å². The monoisotopic (exact) mass is 330 g/mol. The maximum absolute atomic E-state index is 10.2. The summed E-state index contributed by atoms with van der Waals surface area (Å²) >= 11 is 13.6. The van der Waals surface area contributed by atoms with Gasteiger partial charge in [-0.3, -0.25) is 0 Å². The van der Waals surface area contributed by atoms with Crippen molar-refractivity contribution in [1.29, 1.82) is 0 Å². The quantitative estimate of drug-likeness (QED) is 0.865. The number of nitrogens with one attached hydrogen (secondary N) is 1. The average molecular weight is 331 g/mol. The van der Waals surface area contributed by atoms with Gasteiger partial charge in [-0.15, -0.1) is 11.3 Å². The van der Waals surface area contributed by atoms with E-state index >= 15 is 0 Å². The SMILES string of the molecule is Cc1csc(C(C)NCC(O)c2cc(Cl)ccc2Cl)n1. The number of aryl methyl sites for hydroxylation is 1. The Balaban J connectivity index is 1.98. The van der Waals surface area contributed by atoms with Crippen LogP contribution in [0, 0.1) is 6.92 Å². The van der Waals surface area contributed by atoms with Gasteiger partial charge in [-0.05, 0) is 32.0 Å². The molecule has 0 saturated carbocycles. The molecule has 0 aliphatic carbocycles. The average Bonchev–Trinajstić information content (AvgIpc) is 2.85.